The molecule has 0 atom stereocenters. The number of carbonyl (C=O) groups excluding carboxylic acids is 1. The van der Waals surface area contributed by atoms with Gasteiger partial charge in [-0.2, -0.15) is 0 Å². The van der Waals surface area contributed by atoms with Crippen LogP contribution < -0.4 is 0 Å². The largest absolute Gasteiger partial charge is 0.338 e. The molecule has 0 unspecified atom stereocenters. The molecule has 4 nitrogen and oxygen atoms in total. The van der Waals surface area contributed by atoms with Crippen molar-refractivity contribution in [2.45, 2.75) is 12.8 Å². The van der Waals surface area contributed by atoms with E-state index in [9.17, 15) is 4.79 Å². The molecule has 4 heteroatoms. The van der Waals surface area contributed by atoms with Crippen molar-refractivity contribution in [2.75, 3.05) is 0 Å². The number of Topliss-reactive ketones (excluding diaryl/α,β-unsaturated/α-hetero) is 1. The second-order valence-electron chi connectivity index (χ2n) is 3.61. The number of hydrogen-bond donors (Lipinski definition) is 0. The summed E-state index contributed by atoms with van der Waals surface area (Å²) in [5, 5.41) is 0. The van der Waals surface area contributed by atoms with Crippen molar-refractivity contribution in [3.63, 3.8) is 0 Å². The van der Waals surface area contributed by atoms with E-state index in [2.05, 4.69) is 9.97 Å². The fourth-order valence-electron chi connectivity index (χ4n) is 1.54. The molecule has 2 aromatic heterocycles. The Morgan fingerprint density at radius 1 is 1.31 bits per heavy atom. The van der Waals surface area contributed by atoms with Crippen LogP contribution in [0.5, 0.6) is 0 Å². The number of aromatic nitrogens is 3. The van der Waals surface area contributed by atoms with E-state index in [1.54, 1.807) is 30.7 Å². The van der Waals surface area contributed by atoms with Gasteiger partial charge in [-0.15, -0.1) is 0 Å². The summed E-state index contributed by atoms with van der Waals surface area (Å²) in [7, 11) is 1.93. The highest BCUT2D eigenvalue weighted by molar-refractivity contribution is 5.95. The molecule has 2 aromatic rings. The van der Waals surface area contributed by atoms with Crippen LogP contribution in [-0.2, 0) is 13.5 Å². The summed E-state index contributed by atoms with van der Waals surface area (Å²) in [4.78, 5) is 19.8. The fraction of sp³-hybridized carbons (Fsp3) is 0.250. The maximum absolute atomic E-state index is 11.8. The number of hydrogen-bond acceptors (Lipinski definition) is 3. The standard InChI is InChI=1S/C12H13N3O/c1-15-9-8-14-12(15)3-2-11(16)10-4-6-13-7-5-10/h4-9H,2-3H2,1H3. The van der Waals surface area contributed by atoms with E-state index in [0.717, 1.165) is 5.82 Å². The minimum Gasteiger partial charge on any atom is -0.338 e. The lowest BCUT2D eigenvalue weighted by Gasteiger charge is -2.01. The Bertz CT molecular complexity index is 476. The summed E-state index contributed by atoms with van der Waals surface area (Å²) in [5.41, 5.74) is 0.712. The van der Waals surface area contributed by atoms with Crippen LogP contribution in [0, 0.1) is 0 Å². The summed E-state index contributed by atoms with van der Waals surface area (Å²) >= 11 is 0. The third kappa shape index (κ3) is 2.34. The predicted octanol–water partition coefficient (Wildman–Crippen LogP) is 1.63. The lowest BCUT2D eigenvalue weighted by Crippen LogP contribution is -2.04. The lowest BCUT2D eigenvalue weighted by molar-refractivity contribution is 0.0982. The Labute approximate surface area is 94.0 Å². The number of rotatable bonds is 4. The first kappa shape index (κ1) is 10.5. The fourth-order valence-corrected chi connectivity index (χ4v) is 1.54. The van der Waals surface area contributed by atoms with Gasteiger partial charge < -0.3 is 4.57 Å². The van der Waals surface area contributed by atoms with Crippen molar-refractivity contribution in [2.24, 2.45) is 7.05 Å². The van der Waals surface area contributed by atoms with Crippen LogP contribution in [0.3, 0.4) is 0 Å². The second-order valence-corrected chi connectivity index (χ2v) is 3.61. The number of nitrogens with zero attached hydrogens (tertiary/aromatic N) is 3. The molecule has 0 bridgehead atoms. The highest BCUT2D eigenvalue weighted by atomic mass is 16.1. The molecule has 16 heavy (non-hydrogen) atoms. The van der Waals surface area contributed by atoms with Crippen LogP contribution >= 0.6 is 0 Å². The number of ketones is 1. The summed E-state index contributed by atoms with van der Waals surface area (Å²) in [6.07, 6.45) is 8.04. The monoisotopic (exact) mass is 215 g/mol. The Hall–Kier alpha value is -1.97. The molecule has 0 N–H and O–H groups in total. The van der Waals surface area contributed by atoms with Crippen molar-refractivity contribution in [1.82, 2.24) is 14.5 Å². The predicted molar refractivity (Wildman–Crippen MR) is 60.1 cm³/mol. The van der Waals surface area contributed by atoms with Crippen molar-refractivity contribution < 1.29 is 4.79 Å². The number of imidazole rings is 1. The lowest BCUT2D eigenvalue weighted by atomic mass is 10.1. The van der Waals surface area contributed by atoms with Gasteiger partial charge in [-0.05, 0) is 12.1 Å². The van der Waals surface area contributed by atoms with Gasteiger partial charge in [0.25, 0.3) is 0 Å². The Morgan fingerprint density at radius 2 is 2.06 bits per heavy atom. The van der Waals surface area contributed by atoms with E-state index in [4.69, 9.17) is 0 Å². The second kappa shape index (κ2) is 4.70. The average molecular weight is 215 g/mol. The molecule has 0 aromatic carbocycles. The molecule has 0 radical (unpaired) electrons. The molecule has 0 spiro atoms. The molecule has 0 aliphatic rings. The topological polar surface area (TPSA) is 47.8 Å². The zero-order chi connectivity index (χ0) is 11.4. The number of carbonyl (C=O) groups is 1. The van der Waals surface area contributed by atoms with Gasteiger partial charge >= 0.3 is 0 Å². The van der Waals surface area contributed by atoms with Crippen molar-refractivity contribution in [1.29, 1.82) is 0 Å². The normalized spacial score (nSPS) is 10.3. The molecule has 0 fully saturated rings. The highest BCUT2D eigenvalue weighted by Gasteiger charge is 2.07. The first-order valence-corrected chi connectivity index (χ1v) is 5.17. The van der Waals surface area contributed by atoms with Crippen molar-refractivity contribution in [3.8, 4) is 0 Å². The van der Waals surface area contributed by atoms with Gasteiger partial charge in [0.05, 0.1) is 0 Å². The smallest absolute Gasteiger partial charge is 0.163 e. The Kier molecular flexibility index (Phi) is 3.10. The molecule has 0 aliphatic heterocycles. The number of aryl methyl sites for hydroxylation is 2. The van der Waals surface area contributed by atoms with E-state index >= 15 is 0 Å². The van der Waals surface area contributed by atoms with Crippen LogP contribution in [0.4, 0.5) is 0 Å². The van der Waals surface area contributed by atoms with Crippen LogP contribution in [0.15, 0.2) is 36.9 Å². The maximum Gasteiger partial charge on any atom is 0.163 e. The van der Waals surface area contributed by atoms with E-state index in [0.29, 0.717) is 18.4 Å². The van der Waals surface area contributed by atoms with Gasteiger partial charge in [0.1, 0.15) is 5.82 Å². The van der Waals surface area contributed by atoms with E-state index in [1.807, 2.05) is 17.8 Å². The molecule has 0 saturated heterocycles. The first-order valence-electron chi connectivity index (χ1n) is 5.17. The molecule has 2 rings (SSSR count). The molecule has 0 aliphatic carbocycles. The zero-order valence-corrected chi connectivity index (χ0v) is 9.13. The number of pyridine rings is 1. The third-order valence-electron chi connectivity index (χ3n) is 2.50. The summed E-state index contributed by atoms with van der Waals surface area (Å²) < 4.78 is 1.93. The summed E-state index contributed by atoms with van der Waals surface area (Å²) in [5.74, 6) is 1.06. The van der Waals surface area contributed by atoms with Gasteiger partial charge in [-0.1, -0.05) is 0 Å². The van der Waals surface area contributed by atoms with Gasteiger partial charge in [-0.3, -0.25) is 9.78 Å². The molecule has 0 amide bonds. The quantitative estimate of drug-likeness (QED) is 0.728. The van der Waals surface area contributed by atoms with Crippen LogP contribution in [-0.4, -0.2) is 20.3 Å². The van der Waals surface area contributed by atoms with Crippen LogP contribution in [0.2, 0.25) is 0 Å². The Balaban J connectivity index is 1.97. The van der Waals surface area contributed by atoms with E-state index < -0.39 is 0 Å². The SMILES string of the molecule is Cn1ccnc1CCC(=O)c1ccncc1. The Morgan fingerprint density at radius 3 is 2.69 bits per heavy atom. The van der Waals surface area contributed by atoms with Gasteiger partial charge in [0.2, 0.25) is 0 Å². The minimum absolute atomic E-state index is 0.130. The molecular formula is C12H13N3O. The summed E-state index contributed by atoms with van der Waals surface area (Å²) in [6.45, 7) is 0. The zero-order valence-electron chi connectivity index (χ0n) is 9.13. The third-order valence-corrected chi connectivity index (χ3v) is 2.50. The highest BCUT2D eigenvalue weighted by Crippen LogP contribution is 2.05. The van der Waals surface area contributed by atoms with E-state index in [1.165, 1.54) is 0 Å². The summed E-state index contributed by atoms with van der Waals surface area (Å²) in [6, 6.07) is 3.47. The van der Waals surface area contributed by atoms with Crippen LogP contribution in [0.25, 0.3) is 0 Å². The molecular weight excluding hydrogens is 202 g/mol. The van der Waals surface area contributed by atoms with Crippen molar-refractivity contribution >= 4 is 5.78 Å². The minimum atomic E-state index is 0.130. The van der Waals surface area contributed by atoms with Crippen LogP contribution in [0.1, 0.15) is 22.6 Å². The van der Waals surface area contributed by atoms with Gasteiger partial charge in [0, 0.05) is 50.2 Å². The van der Waals surface area contributed by atoms with E-state index in [-0.39, 0.29) is 5.78 Å². The van der Waals surface area contributed by atoms with Gasteiger partial charge in [0.15, 0.2) is 5.78 Å². The van der Waals surface area contributed by atoms with Crippen molar-refractivity contribution in [3.05, 3.63) is 48.3 Å². The maximum atomic E-state index is 11.8. The molecule has 2 heterocycles. The van der Waals surface area contributed by atoms with Gasteiger partial charge in [-0.25, -0.2) is 4.98 Å². The first-order chi connectivity index (χ1) is 7.77. The average Bonchev–Trinajstić information content (AvgIpc) is 2.73. The molecule has 82 valence electrons. The molecule has 0 saturated carbocycles.